The fourth-order valence-electron chi connectivity index (χ4n) is 7.15. The van der Waals surface area contributed by atoms with Gasteiger partial charge in [-0.1, -0.05) is 35.3 Å². The first-order valence-corrected chi connectivity index (χ1v) is 19.1. The maximum absolute atomic E-state index is 13.9. The van der Waals surface area contributed by atoms with Crippen molar-refractivity contribution in [1.82, 2.24) is 4.90 Å². The lowest BCUT2D eigenvalue weighted by Gasteiger charge is -2.44. The summed E-state index contributed by atoms with van der Waals surface area (Å²) in [5.41, 5.74) is 1.51. The number of piperidine rings is 3. The van der Waals surface area contributed by atoms with Gasteiger partial charge in [0.05, 0.1) is 18.8 Å². The van der Waals surface area contributed by atoms with E-state index in [2.05, 4.69) is 4.90 Å². The number of nitrogens with zero attached hydrogens (tertiary/aromatic N) is 3. The third kappa shape index (κ3) is 8.78. The summed E-state index contributed by atoms with van der Waals surface area (Å²) < 4.78 is 44.1. The normalized spacial score (nSPS) is 19.8. The van der Waals surface area contributed by atoms with E-state index in [1.807, 2.05) is 0 Å². The van der Waals surface area contributed by atoms with E-state index in [9.17, 15) is 33.8 Å². The van der Waals surface area contributed by atoms with E-state index >= 15 is 0 Å². The molecule has 3 aliphatic heterocycles. The van der Waals surface area contributed by atoms with Crippen LogP contribution in [0.15, 0.2) is 60.9 Å². The number of alkyl halides is 2. The Morgan fingerprint density at radius 1 is 1.04 bits per heavy atom. The number of fused-ring (bicyclic) bond motifs is 3. The molecule has 1 amide bonds. The van der Waals surface area contributed by atoms with Crippen LogP contribution < -0.4 is 19.1 Å². The Hall–Kier alpha value is -4.37. The highest BCUT2D eigenvalue weighted by Gasteiger charge is 2.38. The second kappa shape index (κ2) is 16.2. The number of aromatic nitrogens is 1. The fourth-order valence-corrected chi connectivity index (χ4v) is 8.80. The molecule has 4 fully saturated rings. The number of carboxylic acid groups (broad SMARTS) is 1. The zero-order valence-electron chi connectivity index (χ0n) is 28.8. The van der Waals surface area contributed by atoms with Crippen LogP contribution in [0, 0.1) is 17.0 Å². The molecule has 0 unspecified atom stereocenters. The quantitative estimate of drug-likeness (QED) is 0.0958. The number of aromatic carboxylic acids is 1. The Morgan fingerprint density at radius 2 is 1.78 bits per heavy atom. The minimum absolute atomic E-state index is 0.00393. The van der Waals surface area contributed by atoms with Gasteiger partial charge in [0.25, 0.3) is 0 Å². The second-order valence-electron chi connectivity index (χ2n) is 13.9. The van der Waals surface area contributed by atoms with E-state index < -0.39 is 24.6 Å². The molecule has 16 heteroatoms. The number of pyridine rings is 1. The van der Waals surface area contributed by atoms with E-state index in [-0.39, 0.29) is 69.7 Å². The SMILES string of the molecule is O=C(O)c1sc(CN(C(=O)O[C@H]2CN3CCC2CC3)c2cccc(O)c2)cc1[C@@H](Cc1c(Cl)c[n+]([O-])cc1Cl)c1ccc(OC(F)F)c(OCC2CC2)c1. The predicted octanol–water partition coefficient (Wildman–Crippen LogP) is 8.09. The minimum Gasteiger partial charge on any atom is -0.619 e. The molecule has 286 valence electrons. The Morgan fingerprint density at radius 3 is 2.41 bits per heavy atom. The molecule has 2 atom stereocenters. The summed E-state index contributed by atoms with van der Waals surface area (Å²) in [4.78, 5) is 30.9. The van der Waals surface area contributed by atoms with Crippen LogP contribution in [-0.4, -0.2) is 66.1 Å². The molecule has 54 heavy (non-hydrogen) atoms. The number of carboxylic acids is 1. The molecular formula is C38H37Cl2F2N3O8S. The Labute approximate surface area is 323 Å². The van der Waals surface area contributed by atoms with E-state index in [4.69, 9.17) is 37.4 Å². The smallest absolute Gasteiger partial charge is 0.414 e. The molecule has 1 saturated carbocycles. The first-order valence-electron chi connectivity index (χ1n) is 17.6. The number of benzene rings is 2. The van der Waals surface area contributed by atoms with Crippen LogP contribution in [-0.2, 0) is 17.7 Å². The zero-order valence-corrected chi connectivity index (χ0v) is 31.2. The third-order valence-corrected chi connectivity index (χ3v) is 11.9. The van der Waals surface area contributed by atoms with Gasteiger partial charge in [-0.2, -0.15) is 13.5 Å². The highest BCUT2D eigenvalue weighted by Crippen LogP contribution is 2.43. The first kappa shape index (κ1) is 37.9. The van der Waals surface area contributed by atoms with Crippen molar-refractivity contribution in [2.75, 3.05) is 31.1 Å². The van der Waals surface area contributed by atoms with E-state index in [0.29, 0.717) is 38.5 Å². The lowest BCUT2D eigenvalue weighted by molar-refractivity contribution is -0.605. The molecular weight excluding hydrogens is 767 g/mol. The largest absolute Gasteiger partial charge is 0.619 e. The molecule has 11 nitrogen and oxygen atoms in total. The van der Waals surface area contributed by atoms with Crippen molar-refractivity contribution in [3.05, 3.63) is 103 Å². The lowest BCUT2D eigenvalue weighted by atomic mass is 9.85. The monoisotopic (exact) mass is 803 g/mol. The maximum atomic E-state index is 13.9. The molecule has 2 N–H and O–H groups in total. The molecule has 2 aromatic heterocycles. The second-order valence-corrected chi connectivity index (χ2v) is 15.8. The molecule has 0 spiro atoms. The zero-order chi connectivity index (χ0) is 38.1. The van der Waals surface area contributed by atoms with Gasteiger partial charge in [0.2, 0.25) is 0 Å². The number of anilines is 1. The number of halogens is 4. The summed E-state index contributed by atoms with van der Waals surface area (Å²) in [5, 5.41) is 33.1. The van der Waals surface area contributed by atoms with E-state index in [0.717, 1.165) is 62.5 Å². The molecule has 2 bridgehead atoms. The third-order valence-electron chi connectivity index (χ3n) is 10.1. The Balaban J connectivity index is 1.28. The number of aromatic hydroxyl groups is 1. The van der Waals surface area contributed by atoms with Gasteiger partial charge in [-0.25, -0.2) is 9.59 Å². The van der Waals surface area contributed by atoms with Gasteiger partial charge < -0.3 is 29.6 Å². The summed E-state index contributed by atoms with van der Waals surface area (Å²) in [6.45, 7) is -0.377. The topological polar surface area (TPSA) is 136 Å². The lowest BCUT2D eigenvalue weighted by Crippen LogP contribution is -2.53. The molecule has 1 aliphatic carbocycles. The minimum atomic E-state index is -3.11. The van der Waals surface area contributed by atoms with Crippen molar-refractivity contribution < 1.29 is 47.5 Å². The summed E-state index contributed by atoms with van der Waals surface area (Å²) in [5.74, 6) is -1.71. The van der Waals surface area contributed by atoms with Crippen molar-refractivity contribution in [2.45, 2.75) is 57.3 Å². The van der Waals surface area contributed by atoms with Crippen molar-refractivity contribution in [3.63, 3.8) is 0 Å². The number of amides is 1. The number of ether oxygens (including phenoxy) is 3. The summed E-state index contributed by atoms with van der Waals surface area (Å²) in [6, 6.07) is 12.3. The molecule has 4 aromatic rings. The number of carbonyl (C=O) groups is 2. The van der Waals surface area contributed by atoms with Crippen molar-refractivity contribution in [3.8, 4) is 17.2 Å². The Kier molecular flexibility index (Phi) is 11.3. The number of thiophene rings is 1. The van der Waals surface area contributed by atoms with E-state index in [1.165, 1.54) is 35.2 Å². The van der Waals surface area contributed by atoms with Crippen LogP contribution in [0.4, 0.5) is 19.3 Å². The number of hydrogen-bond acceptors (Lipinski definition) is 9. The van der Waals surface area contributed by atoms with Crippen LogP contribution in [0.1, 0.15) is 62.8 Å². The average Bonchev–Trinajstić information content (AvgIpc) is 3.87. The number of hydrogen-bond donors (Lipinski definition) is 2. The standard InChI is InChI=1S/C38H37Cl2F2N3O8S/c39-30-17-44(50)18-31(40)29(30)15-27(23-6-7-32(52-37(41)42)33(12-23)51-20-21-4-5-21)28-14-26(54-35(28)36(47)48)16-45(24-2-1-3-25(46)13-24)38(49)53-34-19-43-10-8-22(34)9-11-43/h1-3,6-7,12-14,17-18,21-22,27,34,37,46H,4-5,8-11,15-16,19-20H2,(H,47,48)/t27-,34-/m0/s1. The molecule has 8 rings (SSSR count). The van der Waals surface area contributed by atoms with E-state index in [1.54, 1.807) is 18.2 Å². The predicted molar refractivity (Wildman–Crippen MR) is 197 cm³/mol. The number of carbonyl (C=O) groups excluding carboxylic acids is 1. The molecule has 2 aromatic carbocycles. The maximum Gasteiger partial charge on any atom is 0.414 e. The molecule has 0 radical (unpaired) electrons. The summed E-state index contributed by atoms with van der Waals surface area (Å²) >= 11 is 14.0. The van der Waals surface area contributed by atoms with Gasteiger partial charge >= 0.3 is 18.7 Å². The molecule has 5 heterocycles. The van der Waals surface area contributed by atoms with Crippen molar-refractivity contribution in [2.24, 2.45) is 11.8 Å². The fraction of sp³-hybridized carbons (Fsp3) is 0.395. The molecule has 3 saturated heterocycles. The number of phenolic OH excluding ortho intramolecular Hbond substituents is 1. The molecule has 4 aliphatic rings. The average molecular weight is 805 g/mol. The highest BCUT2D eigenvalue weighted by molar-refractivity contribution is 7.14. The van der Waals surface area contributed by atoms with Crippen LogP contribution in [0.2, 0.25) is 10.0 Å². The van der Waals surface area contributed by atoms with Crippen LogP contribution >= 0.6 is 34.5 Å². The van der Waals surface area contributed by atoms with Crippen molar-refractivity contribution in [1.29, 1.82) is 0 Å². The van der Waals surface area contributed by atoms with Crippen LogP contribution in [0.25, 0.3) is 0 Å². The first-order chi connectivity index (χ1) is 25.9. The number of phenols is 1. The summed E-state index contributed by atoms with van der Waals surface area (Å²) in [7, 11) is 0. The van der Waals surface area contributed by atoms with Gasteiger partial charge in [0.15, 0.2) is 23.9 Å². The van der Waals surface area contributed by atoms with Gasteiger partial charge in [-0.15, -0.1) is 11.3 Å². The van der Waals surface area contributed by atoms with Crippen LogP contribution in [0.3, 0.4) is 0 Å². The van der Waals surface area contributed by atoms with Gasteiger partial charge in [0.1, 0.15) is 26.8 Å². The number of rotatable bonds is 14. The van der Waals surface area contributed by atoms with Gasteiger partial charge in [0, 0.05) is 29.0 Å². The van der Waals surface area contributed by atoms with Crippen LogP contribution in [0.5, 0.6) is 17.2 Å². The van der Waals surface area contributed by atoms with Crippen molar-refractivity contribution >= 4 is 52.3 Å². The highest BCUT2D eigenvalue weighted by atomic mass is 35.5. The Bertz CT molecular complexity index is 2000. The van der Waals surface area contributed by atoms with Gasteiger partial charge in [-0.05, 0) is 98.5 Å². The summed E-state index contributed by atoms with van der Waals surface area (Å²) in [6.07, 6.45) is 5.08. The van der Waals surface area contributed by atoms with Gasteiger partial charge in [-0.3, -0.25) is 9.80 Å².